The maximum Gasteiger partial charge on any atom is 0.248 e. The number of halogens is 1. The first-order chi connectivity index (χ1) is 7.06. The number of carbonyl (C=O) groups excluding carboxylic acids is 1. The predicted molar refractivity (Wildman–Crippen MR) is 56.6 cm³/mol. The van der Waals surface area contributed by atoms with Crippen LogP contribution in [0.2, 0.25) is 0 Å². The van der Waals surface area contributed by atoms with Crippen LogP contribution < -0.4 is 5.73 Å². The van der Waals surface area contributed by atoms with Gasteiger partial charge >= 0.3 is 0 Å². The lowest BCUT2D eigenvalue weighted by atomic mass is 10.0. The summed E-state index contributed by atoms with van der Waals surface area (Å²) in [4.78, 5) is 10.8. The van der Waals surface area contributed by atoms with Crippen LogP contribution in [0.1, 0.15) is 22.0 Å². The van der Waals surface area contributed by atoms with Gasteiger partial charge in [0.1, 0.15) is 6.10 Å². The van der Waals surface area contributed by atoms with Crippen molar-refractivity contribution < 1.29 is 15.0 Å². The molecular weight excluding hydrogens is 218 g/mol. The molecule has 0 aliphatic carbocycles. The lowest BCUT2D eigenvalue weighted by molar-refractivity contribution is 0.0327. The van der Waals surface area contributed by atoms with E-state index in [4.69, 9.17) is 17.3 Å². The Morgan fingerprint density at radius 1 is 1.33 bits per heavy atom. The Labute approximate surface area is 92.3 Å². The van der Waals surface area contributed by atoms with Gasteiger partial charge in [0.05, 0.1) is 12.0 Å². The molecular formula is C10H12ClNO3. The summed E-state index contributed by atoms with van der Waals surface area (Å²) in [5, 5.41) is 18.9. The Kier molecular flexibility index (Phi) is 4.08. The van der Waals surface area contributed by atoms with Gasteiger partial charge in [-0.25, -0.2) is 0 Å². The van der Waals surface area contributed by atoms with Crippen LogP contribution in [0.5, 0.6) is 0 Å². The van der Waals surface area contributed by atoms with Crippen molar-refractivity contribution in [3.8, 4) is 0 Å². The van der Waals surface area contributed by atoms with Gasteiger partial charge in [0, 0.05) is 5.56 Å². The van der Waals surface area contributed by atoms with Crippen molar-refractivity contribution in [1.29, 1.82) is 0 Å². The molecule has 4 nitrogen and oxygen atoms in total. The van der Waals surface area contributed by atoms with Gasteiger partial charge in [0.25, 0.3) is 0 Å². The standard InChI is InChI=1S/C10H12ClNO3/c11-5-8(13)9(14)6-1-3-7(4-2-6)10(12)15/h1-4,8-9,13-14H,5H2,(H2,12,15). The Balaban J connectivity index is 2.84. The zero-order chi connectivity index (χ0) is 11.4. The van der Waals surface area contributed by atoms with Gasteiger partial charge in [-0.15, -0.1) is 11.6 Å². The van der Waals surface area contributed by atoms with Crippen LogP contribution in [-0.2, 0) is 0 Å². The molecule has 1 aromatic rings. The minimum absolute atomic E-state index is 0.0568. The molecule has 1 aromatic carbocycles. The molecule has 0 aromatic heterocycles. The molecule has 0 bridgehead atoms. The van der Waals surface area contributed by atoms with E-state index in [-0.39, 0.29) is 5.88 Å². The first kappa shape index (κ1) is 12.0. The van der Waals surface area contributed by atoms with Gasteiger partial charge in [-0.2, -0.15) is 0 Å². The van der Waals surface area contributed by atoms with Gasteiger partial charge in [-0.3, -0.25) is 4.79 Å². The fourth-order valence-corrected chi connectivity index (χ4v) is 1.32. The Hall–Kier alpha value is -1.10. The third-order valence-corrected chi connectivity index (χ3v) is 2.38. The molecule has 82 valence electrons. The Bertz CT molecular complexity index is 339. The van der Waals surface area contributed by atoms with E-state index in [9.17, 15) is 15.0 Å². The molecule has 0 aliphatic heterocycles. The summed E-state index contributed by atoms with van der Waals surface area (Å²) < 4.78 is 0. The average Bonchev–Trinajstić information content (AvgIpc) is 2.27. The normalized spacial score (nSPS) is 14.6. The van der Waals surface area contributed by atoms with E-state index in [0.717, 1.165) is 0 Å². The van der Waals surface area contributed by atoms with Gasteiger partial charge in [0.15, 0.2) is 0 Å². The Morgan fingerprint density at radius 2 is 1.87 bits per heavy atom. The van der Waals surface area contributed by atoms with Crippen molar-refractivity contribution in [2.75, 3.05) is 5.88 Å². The number of aliphatic hydroxyl groups is 2. The highest BCUT2D eigenvalue weighted by molar-refractivity contribution is 6.18. The Morgan fingerprint density at radius 3 is 2.27 bits per heavy atom. The monoisotopic (exact) mass is 229 g/mol. The summed E-state index contributed by atoms with van der Waals surface area (Å²) in [7, 11) is 0. The van der Waals surface area contributed by atoms with Crippen LogP contribution in [-0.4, -0.2) is 28.1 Å². The number of primary amides is 1. The SMILES string of the molecule is NC(=O)c1ccc(C(O)C(O)CCl)cc1. The maximum absolute atomic E-state index is 10.8. The summed E-state index contributed by atoms with van der Waals surface area (Å²) in [6.07, 6.45) is -2.07. The fraction of sp³-hybridized carbons (Fsp3) is 0.300. The zero-order valence-electron chi connectivity index (χ0n) is 7.93. The van der Waals surface area contributed by atoms with Crippen molar-refractivity contribution in [2.24, 2.45) is 5.73 Å². The summed E-state index contributed by atoms with van der Waals surface area (Å²) in [6.45, 7) is 0. The number of aliphatic hydroxyl groups excluding tert-OH is 2. The van der Waals surface area contributed by atoms with Crippen molar-refractivity contribution >= 4 is 17.5 Å². The largest absolute Gasteiger partial charge is 0.389 e. The smallest absolute Gasteiger partial charge is 0.248 e. The minimum atomic E-state index is -1.05. The van der Waals surface area contributed by atoms with E-state index in [1.807, 2.05) is 0 Å². The number of amides is 1. The molecule has 5 heteroatoms. The lowest BCUT2D eigenvalue weighted by Gasteiger charge is -2.15. The molecule has 0 spiro atoms. The highest BCUT2D eigenvalue weighted by atomic mass is 35.5. The summed E-state index contributed by atoms with van der Waals surface area (Å²) in [5.41, 5.74) is 5.90. The molecule has 4 N–H and O–H groups in total. The predicted octanol–water partition coefficient (Wildman–Crippen LogP) is 0.419. The number of carbonyl (C=O) groups is 1. The van der Waals surface area contributed by atoms with Gasteiger partial charge in [-0.1, -0.05) is 12.1 Å². The van der Waals surface area contributed by atoms with E-state index in [1.165, 1.54) is 24.3 Å². The van der Waals surface area contributed by atoms with E-state index >= 15 is 0 Å². The second kappa shape index (κ2) is 5.11. The summed E-state index contributed by atoms with van der Waals surface area (Å²) >= 11 is 5.39. The quantitative estimate of drug-likeness (QED) is 0.655. The van der Waals surface area contributed by atoms with Crippen molar-refractivity contribution in [2.45, 2.75) is 12.2 Å². The first-order valence-corrected chi connectivity index (χ1v) is 4.91. The number of rotatable bonds is 4. The molecule has 2 atom stereocenters. The van der Waals surface area contributed by atoms with E-state index in [2.05, 4.69) is 0 Å². The van der Waals surface area contributed by atoms with Crippen LogP contribution in [0.15, 0.2) is 24.3 Å². The summed E-state index contributed by atoms with van der Waals surface area (Å²) in [6, 6.07) is 6.03. The molecule has 0 saturated carbocycles. The zero-order valence-corrected chi connectivity index (χ0v) is 8.69. The maximum atomic E-state index is 10.8. The van der Waals surface area contributed by atoms with Crippen LogP contribution in [0.4, 0.5) is 0 Å². The minimum Gasteiger partial charge on any atom is -0.389 e. The van der Waals surface area contributed by atoms with Gasteiger partial charge in [-0.05, 0) is 17.7 Å². The molecule has 0 saturated heterocycles. The molecule has 2 unspecified atom stereocenters. The average molecular weight is 230 g/mol. The van der Waals surface area contributed by atoms with E-state index < -0.39 is 18.1 Å². The van der Waals surface area contributed by atoms with Crippen LogP contribution >= 0.6 is 11.6 Å². The molecule has 0 heterocycles. The van der Waals surface area contributed by atoms with Crippen LogP contribution in [0.3, 0.4) is 0 Å². The number of alkyl halides is 1. The second-order valence-corrected chi connectivity index (χ2v) is 3.46. The number of hydrogen-bond donors (Lipinski definition) is 3. The third kappa shape index (κ3) is 2.92. The molecule has 15 heavy (non-hydrogen) atoms. The van der Waals surface area contributed by atoms with Crippen LogP contribution in [0.25, 0.3) is 0 Å². The number of hydrogen-bond acceptors (Lipinski definition) is 3. The number of nitrogens with two attached hydrogens (primary N) is 1. The summed E-state index contributed by atoms with van der Waals surface area (Å²) in [5.74, 6) is -0.590. The van der Waals surface area contributed by atoms with Crippen LogP contribution in [0, 0.1) is 0 Å². The van der Waals surface area contributed by atoms with Crippen molar-refractivity contribution in [3.63, 3.8) is 0 Å². The molecule has 0 fully saturated rings. The molecule has 0 aliphatic rings. The van der Waals surface area contributed by atoms with Crippen molar-refractivity contribution in [1.82, 2.24) is 0 Å². The van der Waals surface area contributed by atoms with Gasteiger partial charge in [0.2, 0.25) is 5.91 Å². The highest BCUT2D eigenvalue weighted by Crippen LogP contribution is 2.18. The molecule has 1 amide bonds. The topological polar surface area (TPSA) is 83.6 Å². The third-order valence-electron chi connectivity index (χ3n) is 2.06. The van der Waals surface area contributed by atoms with Crippen molar-refractivity contribution in [3.05, 3.63) is 35.4 Å². The second-order valence-electron chi connectivity index (χ2n) is 3.15. The van der Waals surface area contributed by atoms with Gasteiger partial charge < -0.3 is 15.9 Å². The van der Waals surface area contributed by atoms with E-state index in [1.54, 1.807) is 0 Å². The molecule has 1 rings (SSSR count). The van der Waals surface area contributed by atoms with E-state index in [0.29, 0.717) is 11.1 Å². The number of benzene rings is 1. The highest BCUT2D eigenvalue weighted by Gasteiger charge is 2.17. The molecule has 0 radical (unpaired) electrons. The first-order valence-electron chi connectivity index (χ1n) is 4.38. The fourth-order valence-electron chi connectivity index (χ4n) is 1.15. The lowest BCUT2D eigenvalue weighted by Crippen LogP contribution is -2.20.